The van der Waals surface area contributed by atoms with Crippen LogP contribution in [0, 0.1) is 17.0 Å². The lowest BCUT2D eigenvalue weighted by atomic mass is 10.1. The van der Waals surface area contributed by atoms with Crippen LogP contribution in [0.5, 0.6) is 0 Å². The number of hydrogen-bond donors (Lipinski definition) is 4. The number of benzene rings is 2. The van der Waals surface area contributed by atoms with Gasteiger partial charge in [-0.1, -0.05) is 24.3 Å². The Balaban J connectivity index is 1.98. The number of anilines is 2. The van der Waals surface area contributed by atoms with Crippen LogP contribution in [-0.2, 0) is 11.3 Å². The van der Waals surface area contributed by atoms with Crippen molar-refractivity contribution < 1.29 is 14.8 Å². The molecular weight excluding hydrogens is 336 g/mol. The number of nitrogens with one attached hydrogen (secondary N) is 3. The van der Waals surface area contributed by atoms with Crippen LogP contribution in [0.1, 0.15) is 11.1 Å². The van der Waals surface area contributed by atoms with Crippen LogP contribution in [0.25, 0.3) is 0 Å². The Bertz CT molecular complexity index is 780. The van der Waals surface area contributed by atoms with Gasteiger partial charge in [0.05, 0.1) is 29.4 Å². The zero-order chi connectivity index (χ0) is 18.9. The van der Waals surface area contributed by atoms with Crippen molar-refractivity contribution in [3.63, 3.8) is 0 Å². The molecule has 0 radical (unpaired) electrons. The first-order chi connectivity index (χ1) is 12.5. The van der Waals surface area contributed by atoms with Gasteiger partial charge < -0.3 is 21.1 Å². The van der Waals surface area contributed by atoms with E-state index < -0.39 is 4.92 Å². The second-order valence-electron chi connectivity index (χ2n) is 5.69. The summed E-state index contributed by atoms with van der Waals surface area (Å²) < 4.78 is 0. The Labute approximate surface area is 151 Å². The first-order valence-corrected chi connectivity index (χ1v) is 8.19. The molecule has 0 atom stereocenters. The number of aryl methyl sites for hydroxylation is 1. The minimum atomic E-state index is -0.501. The van der Waals surface area contributed by atoms with Crippen LogP contribution in [0.2, 0.25) is 0 Å². The number of rotatable bonds is 9. The van der Waals surface area contributed by atoms with Gasteiger partial charge in [-0.25, -0.2) is 0 Å². The number of nitrogens with zero attached hydrogens (tertiary/aromatic N) is 1. The van der Waals surface area contributed by atoms with Crippen molar-refractivity contribution in [2.45, 2.75) is 13.5 Å². The molecule has 0 fully saturated rings. The molecule has 0 spiro atoms. The Hall–Kier alpha value is -3.13. The molecule has 8 nitrogen and oxygen atoms in total. The normalized spacial score (nSPS) is 10.2. The van der Waals surface area contributed by atoms with Crippen LogP contribution in [-0.4, -0.2) is 35.6 Å². The first kappa shape index (κ1) is 19.2. The molecule has 0 bridgehead atoms. The number of hydrogen-bond acceptors (Lipinski definition) is 6. The molecule has 138 valence electrons. The molecule has 1 amide bonds. The average Bonchev–Trinajstić information content (AvgIpc) is 2.64. The fraction of sp³-hybridized carbons (Fsp3) is 0.278. The van der Waals surface area contributed by atoms with Crippen LogP contribution in [0.3, 0.4) is 0 Å². The van der Waals surface area contributed by atoms with E-state index in [-0.39, 0.29) is 24.7 Å². The van der Waals surface area contributed by atoms with Crippen molar-refractivity contribution in [3.05, 3.63) is 63.7 Å². The Kier molecular flexibility index (Phi) is 6.92. The molecule has 0 unspecified atom stereocenters. The predicted molar refractivity (Wildman–Crippen MR) is 100 cm³/mol. The maximum absolute atomic E-state index is 12.1. The monoisotopic (exact) mass is 358 g/mol. The molecule has 0 aliphatic rings. The molecule has 2 aromatic carbocycles. The highest BCUT2D eigenvalue weighted by molar-refractivity contribution is 5.83. The van der Waals surface area contributed by atoms with Crippen molar-refractivity contribution in [3.8, 4) is 0 Å². The van der Waals surface area contributed by atoms with E-state index in [9.17, 15) is 14.9 Å². The number of carbonyl (C=O) groups is 1. The first-order valence-electron chi connectivity index (χ1n) is 8.19. The Morgan fingerprint density at radius 1 is 1.15 bits per heavy atom. The maximum Gasteiger partial charge on any atom is 0.271 e. The van der Waals surface area contributed by atoms with Crippen LogP contribution < -0.4 is 16.0 Å². The van der Waals surface area contributed by atoms with Gasteiger partial charge in [-0.3, -0.25) is 14.9 Å². The van der Waals surface area contributed by atoms with Gasteiger partial charge in [-0.15, -0.1) is 0 Å². The predicted octanol–water partition coefficient (Wildman–Crippen LogP) is 2.04. The summed E-state index contributed by atoms with van der Waals surface area (Å²) in [5.41, 5.74) is 3.05. The summed E-state index contributed by atoms with van der Waals surface area (Å²) >= 11 is 0. The third kappa shape index (κ3) is 5.45. The third-order valence-electron chi connectivity index (χ3n) is 3.82. The molecule has 2 aromatic rings. The lowest BCUT2D eigenvalue weighted by Gasteiger charge is -2.13. The molecule has 0 aliphatic carbocycles. The van der Waals surface area contributed by atoms with Gasteiger partial charge >= 0.3 is 0 Å². The average molecular weight is 358 g/mol. The lowest BCUT2D eigenvalue weighted by molar-refractivity contribution is -0.384. The zero-order valence-corrected chi connectivity index (χ0v) is 14.5. The summed E-state index contributed by atoms with van der Waals surface area (Å²) in [5, 5.41) is 28.5. The number of nitro benzene ring substituents is 1. The number of nitro groups is 1. The van der Waals surface area contributed by atoms with Crippen LogP contribution in [0.4, 0.5) is 17.1 Å². The fourth-order valence-corrected chi connectivity index (χ4v) is 2.38. The second kappa shape index (κ2) is 9.38. The van der Waals surface area contributed by atoms with Crippen molar-refractivity contribution >= 4 is 23.0 Å². The molecule has 26 heavy (non-hydrogen) atoms. The molecule has 0 saturated carbocycles. The zero-order valence-electron chi connectivity index (χ0n) is 14.5. The molecule has 8 heteroatoms. The van der Waals surface area contributed by atoms with Crippen molar-refractivity contribution in [1.82, 2.24) is 5.32 Å². The summed E-state index contributed by atoms with van der Waals surface area (Å²) in [7, 11) is 0. The van der Waals surface area contributed by atoms with Gasteiger partial charge in [-0.2, -0.15) is 0 Å². The molecule has 0 saturated heterocycles. The van der Waals surface area contributed by atoms with Crippen LogP contribution in [0.15, 0.2) is 42.5 Å². The molecule has 0 heterocycles. The summed E-state index contributed by atoms with van der Waals surface area (Å²) in [6, 6.07) is 12.0. The van der Waals surface area contributed by atoms with Crippen LogP contribution >= 0.6 is 0 Å². The largest absolute Gasteiger partial charge is 0.395 e. The van der Waals surface area contributed by atoms with Crippen molar-refractivity contribution in [2.75, 3.05) is 30.3 Å². The van der Waals surface area contributed by atoms with Gasteiger partial charge in [0.1, 0.15) is 0 Å². The molecule has 0 aromatic heterocycles. The number of carbonyl (C=O) groups excluding carboxylic acids is 1. The van der Waals surface area contributed by atoms with E-state index in [2.05, 4.69) is 16.0 Å². The van der Waals surface area contributed by atoms with E-state index >= 15 is 0 Å². The van der Waals surface area contributed by atoms with E-state index in [1.807, 2.05) is 31.2 Å². The number of amides is 1. The Morgan fingerprint density at radius 2 is 1.92 bits per heavy atom. The molecule has 4 N–H and O–H groups in total. The third-order valence-corrected chi connectivity index (χ3v) is 3.82. The highest BCUT2D eigenvalue weighted by atomic mass is 16.6. The van der Waals surface area contributed by atoms with E-state index in [1.54, 1.807) is 6.07 Å². The smallest absolute Gasteiger partial charge is 0.271 e. The fourth-order valence-electron chi connectivity index (χ4n) is 2.38. The molecule has 0 aliphatic heterocycles. The van der Waals surface area contributed by atoms with Crippen molar-refractivity contribution in [1.29, 1.82) is 0 Å². The quantitative estimate of drug-likeness (QED) is 0.403. The van der Waals surface area contributed by atoms with E-state index in [0.717, 1.165) is 11.1 Å². The van der Waals surface area contributed by atoms with Gasteiger partial charge in [0, 0.05) is 25.2 Å². The minimum Gasteiger partial charge on any atom is -0.395 e. The minimum absolute atomic E-state index is 0.0269. The molecule has 2 rings (SSSR count). The van der Waals surface area contributed by atoms with E-state index in [0.29, 0.717) is 24.5 Å². The highest BCUT2D eigenvalue weighted by Gasteiger charge is 2.12. The number of aliphatic hydroxyl groups excluding tert-OH is 1. The van der Waals surface area contributed by atoms with Gasteiger partial charge in [0.25, 0.3) is 5.69 Å². The molecular formula is C18H22N4O4. The van der Waals surface area contributed by atoms with Gasteiger partial charge in [0.15, 0.2) is 0 Å². The topological polar surface area (TPSA) is 117 Å². The summed E-state index contributed by atoms with van der Waals surface area (Å²) in [6.45, 7) is 2.58. The van der Waals surface area contributed by atoms with E-state index in [1.165, 1.54) is 12.1 Å². The number of aliphatic hydroxyl groups is 1. The summed E-state index contributed by atoms with van der Waals surface area (Å²) in [6.07, 6.45) is 0. The lowest BCUT2D eigenvalue weighted by Crippen LogP contribution is -2.29. The summed E-state index contributed by atoms with van der Waals surface area (Å²) in [4.78, 5) is 22.5. The summed E-state index contributed by atoms with van der Waals surface area (Å²) in [5.74, 6) is -0.229. The van der Waals surface area contributed by atoms with Crippen molar-refractivity contribution in [2.24, 2.45) is 0 Å². The van der Waals surface area contributed by atoms with E-state index in [4.69, 9.17) is 5.11 Å². The Morgan fingerprint density at radius 3 is 2.62 bits per heavy atom. The SMILES string of the molecule is Cc1ccccc1CNC(=O)CNc1cc([N+](=O)[O-])ccc1NCCO. The highest BCUT2D eigenvalue weighted by Crippen LogP contribution is 2.26. The standard InChI is InChI=1S/C18H22N4O4/c1-13-4-2-3-5-14(13)11-21-18(24)12-20-17-10-15(22(25)26)6-7-16(17)19-8-9-23/h2-7,10,19-20,23H,8-9,11-12H2,1H3,(H,21,24). The maximum atomic E-state index is 12.1. The van der Waals surface area contributed by atoms with Gasteiger partial charge in [0.2, 0.25) is 5.91 Å². The van der Waals surface area contributed by atoms with Gasteiger partial charge in [-0.05, 0) is 24.1 Å². The number of non-ortho nitro benzene ring substituents is 1. The second-order valence-corrected chi connectivity index (χ2v) is 5.69.